The number of aromatic nitrogens is 3. The van der Waals surface area contributed by atoms with Gasteiger partial charge in [0.15, 0.2) is 11.4 Å². The minimum Gasteiger partial charge on any atom is -0.486 e. The van der Waals surface area contributed by atoms with Crippen molar-refractivity contribution in [3.05, 3.63) is 45.3 Å². The third kappa shape index (κ3) is 3.74. The maximum atomic E-state index is 13.1. The van der Waals surface area contributed by atoms with Crippen molar-refractivity contribution in [1.29, 1.82) is 0 Å². The summed E-state index contributed by atoms with van der Waals surface area (Å²) in [6.07, 6.45) is 3.58. The van der Waals surface area contributed by atoms with Crippen molar-refractivity contribution in [2.45, 2.75) is 60.0 Å². The van der Waals surface area contributed by atoms with Crippen molar-refractivity contribution in [3.8, 4) is 16.9 Å². The highest BCUT2D eigenvalue weighted by Gasteiger charge is 2.24. The number of amides is 1. The normalized spacial score (nSPS) is 11.4. The number of fused-ring (bicyclic) bond motifs is 1. The lowest BCUT2D eigenvalue weighted by Gasteiger charge is -2.18. The van der Waals surface area contributed by atoms with Crippen molar-refractivity contribution in [2.75, 3.05) is 0 Å². The molecule has 0 aliphatic carbocycles. The number of ether oxygens (including phenoxy) is 1. The second-order valence-corrected chi connectivity index (χ2v) is 7.32. The van der Waals surface area contributed by atoms with Crippen molar-refractivity contribution >= 4 is 11.6 Å². The zero-order chi connectivity index (χ0) is 21.3. The van der Waals surface area contributed by atoms with Crippen molar-refractivity contribution in [3.63, 3.8) is 0 Å². The maximum Gasteiger partial charge on any atom is 0.271 e. The molecule has 0 fully saturated rings. The lowest BCUT2D eigenvalue weighted by molar-refractivity contribution is 0.0997. The Morgan fingerprint density at radius 2 is 2.07 bits per heavy atom. The van der Waals surface area contributed by atoms with Crippen molar-refractivity contribution < 1.29 is 14.1 Å². The number of unbranched alkanes of at least 4 members (excludes halogenated alkanes) is 1. The van der Waals surface area contributed by atoms with Crippen LogP contribution < -0.4 is 16.0 Å². The Bertz CT molecular complexity index is 1110. The van der Waals surface area contributed by atoms with E-state index in [0.29, 0.717) is 35.0 Å². The topological polar surface area (TPSA) is 113 Å². The van der Waals surface area contributed by atoms with E-state index in [9.17, 15) is 9.59 Å². The molecule has 0 saturated carbocycles. The van der Waals surface area contributed by atoms with Crippen LogP contribution in [0.2, 0.25) is 0 Å². The molecule has 29 heavy (non-hydrogen) atoms. The van der Waals surface area contributed by atoms with Crippen LogP contribution in [0.3, 0.4) is 0 Å². The molecule has 0 atom stereocenters. The van der Waals surface area contributed by atoms with E-state index >= 15 is 0 Å². The Morgan fingerprint density at radius 1 is 1.34 bits per heavy atom. The van der Waals surface area contributed by atoms with Crippen LogP contribution in [0, 0.1) is 13.8 Å². The molecule has 8 nitrogen and oxygen atoms in total. The van der Waals surface area contributed by atoms with Gasteiger partial charge in [-0.15, -0.1) is 0 Å². The van der Waals surface area contributed by atoms with Crippen LogP contribution in [0.15, 0.2) is 21.6 Å². The molecule has 3 aromatic rings. The van der Waals surface area contributed by atoms with Crippen LogP contribution in [0.5, 0.6) is 5.75 Å². The third-order valence-corrected chi connectivity index (χ3v) is 4.70. The average molecular weight is 398 g/mol. The van der Waals surface area contributed by atoms with Gasteiger partial charge in [-0.2, -0.15) is 0 Å². The van der Waals surface area contributed by atoms with Gasteiger partial charge in [-0.1, -0.05) is 18.5 Å². The number of rotatable bonds is 7. The summed E-state index contributed by atoms with van der Waals surface area (Å²) < 4.78 is 12.7. The molecule has 154 valence electrons. The van der Waals surface area contributed by atoms with Crippen LogP contribution in [0.4, 0.5) is 0 Å². The predicted octanol–water partition coefficient (Wildman–Crippen LogP) is 3.20. The molecule has 3 aromatic heterocycles. The lowest BCUT2D eigenvalue weighted by atomic mass is 10.0. The molecule has 0 radical (unpaired) electrons. The predicted molar refractivity (Wildman–Crippen MR) is 109 cm³/mol. The van der Waals surface area contributed by atoms with Crippen LogP contribution in [0.25, 0.3) is 16.8 Å². The lowest BCUT2D eigenvalue weighted by Crippen LogP contribution is -2.30. The molecule has 0 aliphatic rings. The maximum absolute atomic E-state index is 13.1. The first-order valence-electron chi connectivity index (χ1n) is 9.74. The summed E-state index contributed by atoms with van der Waals surface area (Å²) in [6, 6.07) is 1.75. The number of hydrogen-bond donors (Lipinski definition) is 1. The zero-order valence-electron chi connectivity index (χ0n) is 17.4. The highest BCUT2D eigenvalue weighted by molar-refractivity contribution is 5.94. The highest BCUT2D eigenvalue weighted by atomic mass is 16.5. The van der Waals surface area contributed by atoms with E-state index in [2.05, 4.69) is 10.1 Å². The Morgan fingerprint density at radius 3 is 2.62 bits per heavy atom. The molecule has 0 aromatic carbocycles. The van der Waals surface area contributed by atoms with Gasteiger partial charge < -0.3 is 15.0 Å². The summed E-state index contributed by atoms with van der Waals surface area (Å²) in [6.45, 7) is 9.49. The minimum atomic E-state index is -0.774. The van der Waals surface area contributed by atoms with Crippen LogP contribution >= 0.6 is 0 Å². The molecule has 3 heterocycles. The van der Waals surface area contributed by atoms with E-state index in [-0.39, 0.29) is 11.7 Å². The van der Waals surface area contributed by atoms with E-state index in [1.165, 1.54) is 4.40 Å². The van der Waals surface area contributed by atoms with Gasteiger partial charge in [-0.25, -0.2) is 4.98 Å². The van der Waals surface area contributed by atoms with Crippen LogP contribution in [-0.4, -0.2) is 26.6 Å². The minimum absolute atomic E-state index is 0.0727. The zero-order valence-corrected chi connectivity index (χ0v) is 17.4. The smallest absolute Gasteiger partial charge is 0.271 e. The molecule has 3 rings (SSSR count). The van der Waals surface area contributed by atoms with Gasteiger partial charge in [0.2, 0.25) is 0 Å². The number of pyridine rings is 1. The first kappa shape index (κ1) is 20.6. The molecule has 1 amide bonds. The standard InChI is InChI=1S/C21H26N4O4/c1-6-7-8-15-17(19(22)26)21(27)25-10-9-14(16-12(4)24-29-13(16)5)18(20(25)23-15)28-11(2)3/h9-11H,6-8H2,1-5H3,(H2,22,26). The SMILES string of the molecule is CCCCc1nc2c(OC(C)C)c(-c3c(C)noc3C)ccn2c(=O)c1C(N)=O. The summed E-state index contributed by atoms with van der Waals surface area (Å²) in [5.74, 6) is 0.315. The number of nitrogens with zero attached hydrogens (tertiary/aromatic N) is 3. The van der Waals surface area contributed by atoms with Gasteiger partial charge in [-0.3, -0.25) is 14.0 Å². The largest absolute Gasteiger partial charge is 0.486 e. The van der Waals surface area contributed by atoms with Gasteiger partial charge in [0.25, 0.3) is 11.5 Å². The van der Waals surface area contributed by atoms with Crippen molar-refractivity contribution in [1.82, 2.24) is 14.5 Å². The monoisotopic (exact) mass is 398 g/mol. The Balaban J connectivity index is 2.40. The summed E-state index contributed by atoms with van der Waals surface area (Å²) in [4.78, 5) is 29.7. The van der Waals surface area contributed by atoms with E-state index in [1.807, 2.05) is 34.6 Å². The highest BCUT2D eigenvalue weighted by Crippen LogP contribution is 2.37. The van der Waals surface area contributed by atoms with E-state index in [4.69, 9.17) is 15.0 Å². The fourth-order valence-corrected chi connectivity index (χ4v) is 3.41. The quantitative estimate of drug-likeness (QED) is 0.654. The number of carbonyl (C=O) groups excluding carboxylic acids is 1. The molecule has 0 aliphatic heterocycles. The molecule has 0 saturated heterocycles. The van der Waals surface area contributed by atoms with E-state index in [1.54, 1.807) is 12.3 Å². The third-order valence-electron chi connectivity index (χ3n) is 4.70. The van der Waals surface area contributed by atoms with E-state index in [0.717, 1.165) is 24.0 Å². The summed E-state index contributed by atoms with van der Waals surface area (Å²) in [7, 11) is 0. The number of nitrogens with two attached hydrogens (primary N) is 1. The Kier molecular flexibility index (Phi) is 5.72. The molecule has 0 bridgehead atoms. The average Bonchev–Trinajstić information content (AvgIpc) is 2.98. The fraction of sp³-hybridized carbons (Fsp3) is 0.429. The van der Waals surface area contributed by atoms with Gasteiger partial charge in [0, 0.05) is 11.8 Å². The van der Waals surface area contributed by atoms with Crippen LogP contribution in [0.1, 0.15) is 61.1 Å². The van der Waals surface area contributed by atoms with Crippen molar-refractivity contribution in [2.24, 2.45) is 5.73 Å². The molecule has 0 spiro atoms. The summed E-state index contributed by atoms with van der Waals surface area (Å²) in [5.41, 5.74) is 7.92. The van der Waals surface area contributed by atoms with E-state index < -0.39 is 11.5 Å². The molecular weight excluding hydrogens is 372 g/mol. The Hall–Kier alpha value is -3.16. The van der Waals surface area contributed by atoms with Gasteiger partial charge in [-0.05, 0) is 46.6 Å². The molecule has 8 heteroatoms. The van der Waals surface area contributed by atoms with Gasteiger partial charge >= 0.3 is 0 Å². The number of primary amides is 1. The van der Waals surface area contributed by atoms with Gasteiger partial charge in [0.1, 0.15) is 11.3 Å². The molecule has 2 N–H and O–H groups in total. The first-order chi connectivity index (χ1) is 13.8. The second-order valence-electron chi connectivity index (χ2n) is 7.32. The van der Waals surface area contributed by atoms with Crippen LogP contribution in [-0.2, 0) is 6.42 Å². The number of hydrogen-bond acceptors (Lipinski definition) is 6. The Labute approximate surface area is 168 Å². The first-order valence-corrected chi connectivity index (χ1v) is 9.74. The molecule has 0 unspecified atom stereocenters. The molecular formula is C21H26N4O4. The number of aryl methyl sites for hydroxylation is 3. The summed E-state index contributed by atoms with van der Waals surface area (Å²) in [5, 5.41) is 4.03. The van der Waals surface area contributed by atoms with Gasteiger partial charge in [0.05, 0.1) is 23.1 Å². The number of carbonyl (C=O) groups is 1. The second kappa shape index (κ2) is 8.06. The fourth-order valence-electron chi connectivity index (χ4n) is 3.41. The summed E-state index contributed by atoms with van der Waals surface area (Å²) >= 11 is 0.